The van der Waals surface area contributed by atoms with Crippen molar-refractivity contribution in [2.75, 3.05) is 0 Å². The molecule has 21 heavy (non-hydrogen) atoms. The highest BCUT2D eigenvalue weighted by atomic mass is 32.1. The van der Waals surface area contributed by atoms with Gasteiger partial charge in [-0.05, 0) is 32.1 Å². The average molecular weight is 309 g/mol. The lowest BCUT2D eigenvalue weighted by Crippen LogP contribution is -2.44. The SMILES string of the molecule is O=C1OC2CCCCC2C(O)=C1C(=S)NC1CCCCC1. The second kappa shape index (κ2) is 6.34. The molecule has 2 saturated carbocycles. The van der Waals surface area contributed by atoms with E-state index in [1.807, 2.05) is 0 Å². The Morgan fingerprint density at radius 2 is 1.76 bits per heavy atom. The summed E-state index contributed by atoms with van der Waals surface area (Å²) >= 11 is 5.37. The molecule has 0 aromatic heterocycles. The van der Waals surface area contributed by atoms with E-state index in [-0.39, 0.29) is 23.4 Å². The number of aliphatic hydroxyl groups excluding tert-OH is 1. The monoisotopic (exact) mass is 309 g/mol. The van der Waals surface area contributed by atoms with Crippen molar-refractivity contribution in [3.8, 4) is 0 Å². The maximum atomic E-state index is 12.2. The van der Waals surface area contributed by atoms with Gasteiger partial charge in [-0.1, -0.05) is 37.9 Å². The zero-order valence-corrected chi connectivity index (χ0v) is 13.1. The first-order chi connectivity index (χ1) is 10.2. The minimum absolute atomic E-state index is 0.0578. The molecule has 0 spiro atoms. The topological polar surface area (TPSA) is 58.6 Å². The Morgan fingerprint density at radius 1 is 1.10 bits per heavy atom. The van der Waals surface area contributed by atoms with Gasteiger partial charge in [-0.15, -0.1) is 0 Å². The standard InChI is InChI=1S/C16H23NO3S/c18-14-11-8-4-5-9-12(11)20-16(19)13(14)15(21)17-10-6-2-1-3-7-10/h10-12,18H,1-9H2,(H,17,21). The van der Waals surface area contributed by atoms with Crippen LogP contribution < -0.4 is 5.32 Å². The van der Waals surface area contributed by atoms with Crippen LogP contribution >= 0.6 is 12.2 Å². The first-order valence-corrected chi connectivity index (χ1v) is 8.52. The van der Waals surface area contributed by atoms with Crippen molar-refractivity contribution < 1.29 is 14.6 Å². The van der Waals surface area contributed by atoms with Gasteiger partial charge in [-0.3, -0.25) is 0 Å². The van der Waals surface area contributed by atoms with Crippen LogP contribution in [0.25, 0.3) is 0 Å². The summed E-state index contributed by atoms with van der Waals surface area (Å²) in [5, 5.41) is 13.7. The quantitative estimate of drug-likeness (QED) is 0.606. The third-order valence-corrected chi connectivity index (χ3v) is 5.26. The highest BCUT2D eigenvalue weighted by Gasteiger charge is 2.40. The number of thiocarbonyl (C=S) groups is 1. The van der Waals surface area contributed by atoms with Crippen LogP contribution in [0.3, 0.4) is 0 Å². The normalized spacial score (nSPS) is 30.6. The van der Waals surface area contributed by atoms with E-state index in [4.69, 9.17) is 17.0 Å². The fourth-order valence-electron chi connectivity index (χ4n) is 3.75. The molecule has 0 aromatic rings. The summed E-state index contributed by atoms with van der Waals surface area (Å²) in [6, 6.07) is 0.323. The maximum Gasteiger partial charge on any atom is 0.344 e. The first kappa shape index (κ1) is 14.8. The van der Waals surface area contributed by atoms with Crippen molar-refractivity contribution in [3.05, 3.63) is 11.3 Å². The van der Waals surface area contributed by atoms with Gasteiger partial charge in [0.05, 0.1) is 5.92 Å². The minimum atomic E-state index is -0.455. The highest BCUT2D eigenvalue weighted by molar-refractivity contribution is 7.80. The van der Waals surface area contributed by atoms with Crippen LogP contribution in [-0.2, 0) is 9.53 Å². The van der Waals surface area contributed by atoms with E-state index >= 15 is 0 Å². The van der Waals surface area contributed by atoms with E-state index in [1.54, 1.807) is 0 Å². The fraction of sp³-hybridized carbons (Fsp3) is 0.750. The van der Waals surface area contributed by atoms with Crippen LogP contribution in [-0.4, -0.2) is 28.2 Å². The maximum absolute atomic E-state index is 12.2. The number of nitrogens with one attached hydrogen (secondary N) is 1. The summed E-state index contributed by atoms with van der Waals surface area (Å²) in [5.74, 6) is -0.356. The van der Waals surface area contributed by atoms with Crippen LogP contribution in [0.1, 0.15) is 57.8 Å². The lowest BCUT2D eigenvalue weighted by molar-refractivity contribution is -0.151. The third-order valence-electron chi connectivity index (χ3n) is 4.94. The number of hydrogen-bond donors (Lipinski definition) is 2. The zero-order valence-electron chi connectivity index (χ0n) is 12.3. The molecule has 2 aliphatic carbocycles. The molecule has 0 saturated heterocycles. The number of carbonyl (C=O) groups is 1. The van der Waals surface area contributed by atoms with Gasteiger partial charge in [-0.25, -0.2) is 4.79 Å². The molecule has 1 heterocycles. The predicted molar refractivity (Wildman–Crippen MR) is 84.1 cm³/mol. The number of rotatable bonds is 2. The summed E-state index contributed by atoms with van der Waals surface area (Å²) in [5.41, 5.74) is 0.207. The second-order valence-corrected chi connectivity index (χ2v) is 6.81. The molecule has 2 fully saturated rings. The van der Waals surface area contributed by atoms with E-state index in [2.05, 4.69) is 5.32 Å². The van der Waals surface area contributed by atoms with E-state index in [0.29, 0.717) is 11.0 Å². The molecule has 3 aliphatic rings. The fourth-order valence-corrected chi connectivity index (χ4v) is 4.11. The molecule has 1 aliphatic heterocycles. The lowest BCUT2D eigenvalue weighted by atomic mass is 9.82. The number of fused-ring (bicyclic) bond motifs is 1. The van der Waals surface area contributed by atoms with Crippen LogP contribution in [0.4, 0.5) is 0 Å². The molecule has 0 aromatic carbocycles. The number of aliphatic hydroxyl groups is 1. The zero-order chi connectivity index (χ0) is 14.8. The third kappa shape index (κ3) is 3.07. The van der Waals surface area contributed by atoms with Gasteiger partial charge in [-0.2, -0.15) is 0 Å². The van der Waals surface area contributed by atoms with Gasteiger partial charge in [0.1, 0.15) is 22.4 Å². The van der Waals surface area contributed by atoms with Gasteiger partial charge in [0.15, 0.2) is 0 Å². The lowest BCUT2D eigenvalue weighted by Gasteiger charge is -2.36. The molecule has 4 nitrogen and oxygen atoms in total. The Morgan fingerprint density at radius 3 is 2.52 bits per heavy atom. The summed E-state index contributed by atoms with van der Waals surface area (Å²) in [7, 11) is 0. The molecule has 116 valence electrons. The van der Waals surface area contributed by atoms with E-state index in [1.165, 1.54) is 19.3 Å². The van der Waals surface area contributed by atoms with Crippen molar-refractivity contribution in [2.45, 2.75) is 69.9 Å². The number of ether oxygens (including phenoxy) is 1. The number of carbonyl (C=O) groups excluding carboxylic acids is 1. The molecule has 0 amide bonds. The van der Waals surface area contributed by atoms with Crippen molar-refractivity contribution >= 4 is 23.2 Å². The predicted octanol–water partition coefficient (Wildman–Crippen LogP) is 3.16. The Balaban J connectivity index is 1.75. The van der Waals surface area contributed by atoms with Crippen molar-refractivity contribution in [1.82, 2.24) is 5.32 Å². The molecular weight excluding hydrogens is 286 g/mol. The van der Waals surface area contributed by atoms with Gasteiger partial charge in [0.2, 0.25) is 0 Å². The Kier molecular flexibility index (Phi) is 4.48. The van der Waals surface area contributed by atoms with Gasteiger partial charge >= 0.3 is 5.97 Å². The average Bonchev–Trinajstić information content (AvgIpc) is 2.48. The van der Waals surface area contributed by atoms with Crippen LogP contribution in [0.5, 0.6) is 0 Å². The van der Waals surface area contributed by atoms with E-state index in [0.717, 1.165) is 38.5 Å². The summed E-state index contributed by atoms with van der Waals surface area (Å²) in [6.07, 6.45) is 9.50. The van der Waals surface area contributed by atoms with Crippen molar-refractivity contribution in [2.24, 2.45) is 5.92 Å². The highest BCUT2D eigenvalue weighted by Crippen LogP contribution is 2.36. The van der Waals surface area contributed by atoms with Crippen LogP contribution in [0.15, 0.2) is 11.3 Å². The molecule has 2 unspecified atom stereocenters. The van der Waals surface area contributed by atoms with Crippen molar-refractivity contribution in [1.29, 1.82) is 0 Å². The van der Waals surface area contributed by atoms with Gasteiger partial charge in [0, 0.05) is 6.04 Å². The molecular formula is C16H23NO3S. The smallest absolute Gasteiger partial charge is 0.344 e. The molecule has 0 bridgehead atoms. The van der Waals surface area contributed by atoms with Crippen molar-refractivity contribution in [3.63, 3.8) is 0 Å². The second-order valence-electron chi connectivity index (χ2n) is 6.40. The van der Waals surface area contributed by atoms with E-state index in [9.17, 15) is 9.90 Å². The Hall–Kier alpha value is -1.10. The summed E-state index contributed by atoms with van der Waals surface area (Å²) in [6.45, 7) is 0. The summed E-state index contributed by atoms with van der Waals surface area (Å²) in [4.78, 5) is 12.5. The van der Waals surface area contributed by atoms with Gasteiger partial charge < -0.3 is 15.2 Å². The molecule has 2 N–H and O–H groups in total. The van der Waals surface area contributed by atoms with Crippen LogP contribution in [0.2, 0.25) is 0 Å². The minimum Gasteiger partial charge on any atom is -0.511 e. The molecule has 5 heteroatoms. The molecule has 0 radical (unpaired) electrons. The first-order valence-electron chi connectivity index (χ1n) is 8.12. The molecule has 2 atom stereocenters. The summed E-state index contributed by atoms with van der Waals surface area (Å²) < 4.78 is 5.50. The number of hydrogen-bond acceptors (Lipinski definition) is 4. The van der Waals surface area contributed by atoms with Crippen LogP contribution in [0, 0.1) is 5.92 Å². The molecule has 3 rings (SSSR count). The van der Waals surface area contributed by atoms with Gasteiger partial charge in [0.25, 0.3) is 0 Å². The van der Waals surface area contributed by atoms with E-state index < -0.39 is 5.97 Å². The Labute approximate surface area is 130 Å². The Bertz CT molecular complexity index is 468. The largest absolute Gasteiger partial charge is 0.511 e. The number of esters is 1.